The van der Waals surface area contributed by atoms with Crippen LogP contribution < -0.4 is 0 Å². The molecule has 0 amide bonds. The van der Waals surface area contributed by atoms with Gasteiger partial charge in [-0.25, -0.2) is 18.0 Å². The minimum atomic E-state index is -3.80. The van der Waals surface area contributed by atoms with E-state index in [0.29, 0.717) is 16.9 Å². The highest BCUT2D eigenvalue weighted by Crippen LogP contribution is 2.69. The van der Waals surface area contributed by atoms with Gasteiger partial charge in [0.15, 0.2) is 0 Å². The van der Waals surface area contributed by atoms with Gasteiger partial charge in [-0.1, -0.05) is 48.0 Å². The number of fused-ring (bicyclic) bond motifs is 5. The Balaban J connectivity index is 1.70. The number of allylic oxidation sites excluding steroid dienone is 2. The van der Waals surface area contributed by atoms with Crippen LogP contribution in [0.15, 0.2) is 75.5 Å². The maximum absolute atomic E-state index is 13.9. The number of carbonyl (C=O) groups is 2. The zero-order valence-electron chi connectivity index (χ0n) is 18.6. The summed E-state index contributed by atoms with van der Waals surface area (Å²) in [5, 5.41) is 0. The Bertz CT molecular complexity index is 1320. The van der Waals surface area contributed by atoms with Crippen molar-refractivity contribution in [2.75, 3.05) is 14.2 Å². The van der Waals surface area contributed by atoms with Crippen LogP contribution in [-0.4, -0.2) is 34.6 Å². The molecule has 33 heavy (non-hydrogen) atoms. The van der Waals surface area contributed by atoms with Crippen molar-refractivity contribution in [2.24, 2.45) is 23.7 Å². The fraction of sp³-hybridized carbons (Fsp3) is 0.308. The lowest BCUT2D eigenvalue weighted by Crippen LogP contribution is -2.41. The molecular weight excluding hydrogens is 440 g/mol. The Kier molecular flexibility index (Phi) is 5.05. The molecule has 2 aromatic carbocycles. The van der Waals surface area contributed by atoms with Crippen LogP contribution in [0.5, 0.6) is 0 Å². The highest BCUT2D eigenvalue weighted by atomic mass is 32.2. The monoisotopic (exact) mass is 464 g/mol. The highest BCUT2D eigenvalue weighted by Gasteiger charge is 2.65. The van der Waals surface area contributed by atoms with Crippen LogP contribution in [0.3, 0.4) is 0 Å². The smallest absolute Gasteiger partial charge is 0.334 e. The van der Waals surface area contributed by atoms with Gasteiger partial charge in [-0.15, -0.1) is 0 Å². The maximum Gasteiger partial charge on any atom is 0.334 e. The molecule has 2 aromatic rings. The minimum absolute atomic E-state index is 0.171. The molecule has 0 aromatic heterocycles. The van der Waals surface area contributed by atoms with E-state index in [4.69, 9.17) is 9.47 Å². The van der Waals surface area contributed by atoms with E-state index in [1.54, 1.807) is 24.3 Å². The first-order valence-electron chi connectivity index (χ1n) is 10.8. The third-order valence-electron chi connectivity index (χ3n) is 7.21. The number of rotatable bonds is 5. The number of benzene rings is 2. The summed E-state index contributed by atoms with van der Waals surface area (Å²) in [6, 6.07) is 16.2. The van der Waals surface area contributed by atoms with Gasteiger partial charge in [0.2, 0.25) is 9.84 Å². The van der Waals surface area contributed by atoms with Gasteiger partial charge >= 0.3 is 11.9 Å². The summed E-state index contributed by atoms with van der Waals surface area (Å²) in [6.07, 6.45) is 0.521. The SMILES string of the molecule is COC(=O)C1=C(C(=O)OC)[C@@H]2C[C@H]1[C@H]1C(S(=O)(=O)c3ccc(C)cc3)=C(c3ccccc3)[C@H]12. The lowest BCUT2D eigenvalue weighted by atomic mass is 9.63. The van der Waals surface area contributed by atoms with Crippen molar-refractivity contribution in [2.45, 2.75) is 18.2 Å². The normalized spacial score (nSPS) is 25.5. The topological polar surface area (TPSA) is 86.7 Å². The van der Waals surface area contributed by atoms with Gasteiger partial charge in [0.1, 0.15) is 0 Å². The second kappa shape index (κ2) is 7.70. The van der Waals surface area contributed by atoms with E-state index in [0.717, 1.165) is 16.7 Å². The number of hydrogen-bond acceptors (Lipinski definition) is 6. The summed E-state index contributed by atoms with van der Waals surface area (Å²) in [5.74, 6) is -2.38. The lowest BCUT2D eigenvalue weighted by molar-refractivity contribution is -0.140. The summed E-state index contributed by atoms with van der Waals surface area (Å²) in [7, 11) is -1.25. The molecule has 6 nitrogen and oxygen atoms in total. The van der Waals surface area contributed by atoms with Crippen molar-refractivity contribution in [3.05, 3.63) is 81.8 Å². The first-order chi connectivity index (χ1) is 15.8. The van der Waals surface area contributed by atoms with Crippen LogP contribution in [0.2, 0.25) is 0 Å². The van der Waals surface area contributed by atoms with Crippen molar-refractivity contribution in [1.82, 2.24) is 0 Å². The van der Waals surface area contributed by atoms with Gasteiger partial charge in [-0.05, 0) is 42.5 Å². The Labute approximate surface area is 192 Å². The number of carbonyl (C=O) groups excluding carboxylic acids is 2. The molecule has 170 valence electrons. The molecule has 3 aliphatic rings. The van der Waals surface area contributed by atoms with Gasteiger partial charge in [-0.3, -0.25) is 0 Å². The van der Waals surface area contributed by atoms with Crippen LogP contribution in [0.25, 0.3) is 5.57 Å². The fourth-order valence-corrected chi connectivity index (χ4v) is 7.86. The second-order valence-corrected chi connectivity index (χ2v) is 10.7. The van der Waals surface area contributed by atoms with E-state index in [-0.39, 0.29) is 28.2 Å². The second-order valence-electron chi connectivity index (χ2n) is 8.77. The predicted octanol–water partition coefficient (Wildman–Crippen LogP) is 3.72. The zero-order chi connectivity index (χ0) is 23.5. The molecule has 2 bridgehead atoms. The quantitative estimate of drug-likeness (QED) is 0.627. The van der Waals surface area contributed by atoms with Gasteiger partial charge < -0.3 is 9.47 Å². The number of aryl methyl sites for hydroxylation is 1. The molecule has 0 saturated heterocycles. The van der Waals surface area contributed by atoms with Crippen molar-refractivity contribution < 1.29 is 27.5 Å². The number of hydrogen-bond donors (Lipinski definition) is 0. The van der Waals surface area contributed by atoms with E-state index >= 15 is 0 Å². The van der Waals surface area contributed by atoms with Crippen LogP contribution >= 0.6 is 0 Å². The van der Waals surface area contributed by atoms with Crippen LogP contribution in [-0.2, 0) is 28.9 Å². The summed E-state index contributed by atoms with van der Waals surface area (Å²) in [4.78, 5) is 25.9. The predicted molar refractivity (Wildman–Crippen MR) is 121 cm³/mol. The molecular formula is C26H24O6S. The molecule has 0 spiro atoms. The summed E-state index contributed by atoms with van der Waals surface area (Å²) in [5.41, 5.74) is 3.12. The highest BCUT2D eigenvalue weighted by molar-refractivity contribution is 7.95. The van der Waals surface area contributed by atoms with Crippen LogP contribution in [0.1, 0.15) is 17.5 Å². The van der Waals surface area contributed by atoms with E-state index in [2.05, 4.69) is 0 Å². The van der Waals surface area contributed by atoms with E-state index < -0.39 is 27.7 Å². The molecule has 0 radical (unpaired) electrons. The van der Waals surface area contributed by atoms with Gasteiger partial charge in [0, 0.05) is 17.8 Å². The van der Waals surface area contributed by atoms with Crippen LogP contribution in [0.4, 0.5) is 0 Å². The van der Waals surface area contributed by atoms with Crippen molar-refractivity contribution in [3.8, 4) is 0 Å². The Hall–Kier alpha value is -3.19. The molecule has 0 heterocycles. The van der Waals surface area contributed by atoms with Crippen molar-refractivity contribution in [3.63, 3.8) is 0 Å². The largest absolute Gasteiger partial charge is 0.466 e. The molecule has 0 aliphatic heterocycles. The standard InChI is InChI=1S/C26H24O6S/c1-14-9-11-16(12-10-14)33(29,30)24-19(15-7-5-4-6-8-15)20-17-13-18(21(20)24)23(26(28)32-3)22(17)25(27)31-2/h4-12,17-18,20-21H,13H2,1-3H3/t17-,18+,20-,21-/m1/s1. The third-order valence-corrected chi connectivity index (χ3v) is 9.18. The third kappa shape index (κ3) is 3.02. The summed E-state index contributed by atoms with van der Waals surface area (Å²) < 4.78 is 37.7. The average molecular weight is 465 g/mol. The van der Waals surface area contributed by atoms with E-state index in [1.807, 2.05) is 37.3 Å². The maximum atomic E-state index is 13.9. The number of esters is 2. The summed E-state index contributed by atoms with van der Waals surface area (Å²) in [6.45, 7) is 1.90. The minimum Gasteiger partial charge on any atom is -0.466 e. The van der Waals surface area contributed by atoms with E-state index in [9.17, 15) is 18.0 Å². The molecule has 3 aliphatic carbocycles. The molecule has 1 saturated carbocycles. The van der Waals surface area contributed by atoms with Crippen LogP contribution in [0, 0.1) is 30.6 Å². The molecule has 1 fully saturated rings. The molecule has 4 atom stereocenters. The average Bonchev–Trinajstić information content (AvgIpc) is 3.31. The number of sulfone groups is 1. The zero-order valence-corrected chi connectivity index (χ0v) is 19.4. The molecule has 5 rings (SSSR count). The molecule has 0 unspecified atom stereocenters. The summed E-state index contributed by atoms with van der Waals surface area (Å²) >= 11 is 0. The van der Waals surface area contributed by atoms with Crippen molar-refractivity contribution >= 4 is 27.3 Å². The first kappa shape index (κ1) is 21.6. The Morgan fingerprint density at radius 2 is 1.36 bits per heavy atom. The number of ether oxygens (including phenoxy) is 2. The van der Waals surface area contributed by atoms with E-state index in [1.165, 1.54) is 14.2 Å². The first-order valence-corrected chi connectivity index (χ1v) is 12.3. The molecule has 7 heteroatoms. The Morgan fingerprint density at radius 3 is 1.91 bits per heavy atom. The number of methoxy groups -OCH3 is 2. The van der Waals surface area contributed by atoms with Crippen molar-refractivity contribution in [1.29, 1.82) is 0 Å². The fourth-order valence-electron chi connectivity index (χ4n) is 5.90. The lowest BCUT2D eigenvalue weighted by Gasteiger charge is -2.45. The molecule has 0 N–H and O–H groups in total. The van der Waals surface area contributed by atoms with Gasteiger partial charge in [-0.2, -0.15) is 0 Å². The van der Waals surface area contributed by atoms with Gasteiger partial charge in [0.25, 0.3) is 0 Å². The Morgan fingerprint density at radius 1 is 0.818 bits per heavy atom. The van der Waals surface area contributed by atoms with Gasteiger partial charge in [0.05, 0.1) is 35.2 Å².